The van der Waals surface area contributed by atoms with Crippen LogP contribution in [0.1, 0.15) is 72.3 Å². The lowest BCUT2D eigenvalue weighted by atomic mass is 9.93. The molecule has 15 heteroatoms. The minimum Gasteiger partial charge on any atom is -0.493 e. The number of aliphatic carboxylic acids is 1. The zero-order chi connectivity index (χ0) is 32.2. The van der Waals surface area contributed by atoms with Gasteiger partial charge in [-0.2, -0.15) is 13.2 Å². The Balaban J connectivity index is 0.000000566. The molecule has 0 aromatic heterocycles. The van der Waals surface area contributed by atoms with Gasteiger partial charge in [-0.1, -0.05) is 23.2 Å². The third-order valence-electron chi connectivity index (χ3n) is 7.62. The maximum absolute atomic E-state index is 14.9. The molecule has 44 heavy (non-hydrogen) atoms. The average molecular weight is 684 g/mol. The van der Waals surface area contributed by atoms with E-state index in [9.17, 15) is 30.8 Å². The topological polar surface area (TPSA) is 113 Å². The number of alkyl halides is 3. The summed E-state index contributed by atoms with van der Waals surface area (Å²) in [7, 11) is -3.74. The number of rotatable bonds is 10. The molecule has 0 bridgehead atoms. The highest BCUT2D eigenvalue weighted by Crippen LogP contribution is 2.45. The smallest absolute Gasteiger partial charge is 0.490 e. The van der Waals surface area contributed by atoms with E-state index in [4.69, 9.17) is 37.8 Å². The Morgan fingerprint density at radius 2 is 1.57 bits per heavy atom. The SMILES string of the molecule is O=C(NS(=O)(=O)C1CC1)c1cc(C2CC2)c(OCCC2CCN(Cc3cc(Cl)cc(Cl)c3)CC2)cc1F.O=C(O)C(F)(F)F. The molecule has 0 radical (unpaired) electrons. The highest BCUT2D eigenvalue weighted by molar-refractivity contribution is 7.91. The molecule has 0 unspecified atom stereocenters. The summed E-state index contributed by atoms with van der Waals surface area (Å²) in [4.78, 5) is 23.8. The normalized spacial score (nSPS) is 17.9. The summed E-state index contributed by atoms with van der Waals surface area (Å²) < 4.78 is 78.9. The van der Waals surface area contributed by atoms with Crippen LogP contribution in [0.4, 0.5) is 17.6 Å². The maximum atomic E-state index is 14.9. The zero-order valence-corrected chi connectivity index (χ0v) is 25.8. The first-order valence-corrected chi connectivity index (χ1v) is 16.4. The molecule has 2 saturated carbocycles. The Labute approximate surface area is 262 Å². The maximum Gasteiger partial charge on any atom is 0.490 e. The minimum atomic E-state index is -5.08. The Morgan fingerprint density at radius 1 is 0.977 bits per heavy atom. The van der Waals surface area contributed by atoms with Crippen LogP contribution in [0.25, 0.3) is 0 Å². The summed E-state index contributed by atoms with van der Waals surface area (Å²) >= 11 is 12.2. The average Bonchev–Trinajstić information content (AvgIpc) is 3.82. The third-order valence-corrected chi connectivity index (χ3v) is 9.88. The Kier molecular flexibility index (Phi) is 11.1. The van der Waals surface area contributed by atoms with Crippen LogP contribution in [0.15, 0.2) is 30.3 Å². The molecule has 242 valence electrons. The Bertz CT molecular complexity index is 1450. The van der Waals surface area contributed by atoms with Crippen molar-refractivity contribution in [1.29, 1.82) is 0 Å². The van der Waals surface area contributed by atoms with Gasteiger partial charge in [-0.05, 0) is 105 Å². The third kappa shape index (κ3) is 9.95. The van der Waals surface area contributed by atoms with Gasteiger partial charge in [0, 0.05) is 22.7 Å². The molecule has 5 rings (SSSR count). The molecule has 8 nitrogen and oxygen atoms in total. The van der Waals surface area contributed by atoms with E-state index in [-0.39, 0.29) is 11.5 Å². The number of halogens is 6. The first-order valence-electron chi connectivity index (χ1n) is 14.1. The van der Waals surface area contributed by atoms with E-state index < -0.39 is 39.1 Å². The van der Waals surface area contributed by atoms with Gasteiger partial charge in [0.1, 0.15) is 11.6 Å². The molecule has 2 aromatic carbocycles. The van der Waals surface area contributed by atoms with E-state index in [0.29, 0.717) is 41.2 Å². The van der Waals surface area contributed by atoms with Gasteiger partial charge in [0.2, 0.25) is 10.0 Å². The Hall–Kier alpha value is -2.61. The summed E-state index contributed by atoms with van der Waals surface area (Å²) in [5.74, 6) is -3.25. The highest BCUT2D eigenvalue weighted by Gasteiger charge is 2.39. The second-order valence-corrected chi connectivity index (χ2v) is 14.1. The fraction of sp³-hybridized carbons (Fsp3) is 0.517. The van der Waals surface area contributed by atoms with Crippen LogP contribution in [0.5, 0.6) is 5.75 Å². The van der Waals surface area contributed by atoms with Gasteiger partial charge in [0.15, 0.2) is 0 Å². The summed E-state index contributed by atoms with van der Waals surface area (Å²) in [5, 5.41) is 7.87. The fourth-order valence-electron chi connectivity index (χ4n) is 4.96. The van der Waals surface area contributed by atoms with Crippen LogP contribution in [0.3, 0.4) is 0 Å². The number of carboxylic acid groups (broad SMARTS) is 1. The lowest BCUT2D eigenvalue weighted by molar-refractivity contribution is -0.192. The predicted octanol–water partition coefficient (Wildman–Crippen LogP) is 6.55. The molecule has 3 aliphatic rings. The number of nitrogens with zero attached hydrogens (tertiary/aromatic N) is 1. The molecule has 1 amide bonds. The van der Waals surface area contributed by atoms with Gasteiger partial charge in [-0.25, -0.2) is 22.3 Å². The molecule has 1 aliphatic heterocycles. The van der Waals surface area contributed by atoms with Gasteiger partial charge < -0.3 is 9.84 Å². The predicted molar refractivity (Wildman–Crippen MR) is 156 cm³/mol. The van der Waals surface area contributed by atoms with E-state index in [1.54, 1.807) is 6.07 Å². The van der Waals surface area contributed by atoms with Crippen molar-refractivity contribution in [1.82, 2.24) is 9.62 Å². The number of carboxylic acids is 1. The first-order chi connectivity index (χ1) is 20.6. The number of benzene rings is 2. The number of hydrogen-bond acceptors (Lipinski definition) is 6. The van der Waals surface area contributed by atoms with Crippen molar-refractivity contribution in [2.45, 2.75) is 68.8 Å². The number of carbonyl (C=O) groups excluding carboxylic acids is 1. The summed E-state index contributed by atoms with van der Waals surface area (Å²) in [5.41, 5.74) is 1.65. The number of sulfonamides is 1. The van der Waals surface area contributed by atoms with Crippen LogP contribution in [-0.4, -0.2) is 61.4 Å². The molecule has 1 heterocycles. The van der Waals surface area contributed by atoms with E-state index in [2.05, 4.69) is 4.90 Å². The molecular weight excluding hydrogens is 651 g/mol. The lowest BCUT2D eigenvalue weighted by Crippen LogP contribution is -2.34. The van der Waals surface area contributed by atoms with Gasteiger partial charge in [-0.15, -0.1) is 0 Å². The first kappa shape index (κ1) is 34.3. The molecule has 2 aliphatic carbocycles. The van der Waals surface area contributed by atoms with Gasteiger partial charge in [0.05, 0.1) is 17.4 Å². The van der Waals surface area contributed by atoms with Crippen molar-refractivity contribution in [3.8, 4) is 5.75 Å². The molecule has 2 aromatic rings. The van der Waals surface area contributed by atoms with Crippen LogP contribution >= 0.6 is 23.2 Å². The summed E-state index contributed by atoms with van der Waals surface area (Å²) in [6.07, 6.45) is 0.831. The van der Waals surface area contributed by atoms with E-state index >= 15 is 0 Å². The second-order valence-electron chi connectivity index (χ2n) is 11.3. The van der Waals surface area contributed by atoms with Crippen LogP contribution < -0.4 is 9.46 Å². The minimum absolute atomic E-state index is 0.213. The largest absolute Gasteiger partial charge is 0.493 e. The number of likely N-dealkylation sites (tertiary alicyclic amines) is 1. The van der Waals surface area contributed by atoms with E-state index in [1.807, 2.05) is 16.9 Å². The molecular formula is C29H32Cl2F4N2O6S. The van der Waals surface area contributed by atoms with Gasteiger partial charge in [0.25, 0.3) is 5.91 Å². The number of amides is 1. The molecule has 3 fully saturated rings. The van der Waals surface area contributed by atoms with Crippen molar-refractivity contribution in [2.24, 2.45) is 5.92 Å². The number of piperidine rings is 1. The number of ether oxygens (including phenoxy) is 1. The van der Waals surface area contributed by atoms with Crippen molar-refractivity contribution >= 4 is 45.1 Å². The molecule has 0 atom stereocenters. The fourth-order valence-corrected chi connectivity index (χ4v) is 6.82. The van der Waals surface area contributed by atoms with Crippen molar-refractivity contribution in [3.05, 3.63) is 62.9 Å². The van der Waals surface area contributed by atoms with Crippen LogP contribution in [0.2, 0.25) is 10.0 Å². The van der Waals surface area contributed by atoms with Gasteiger partial charge >= 0.3 is 12.1 Å². The van der Waals surface area contributed by atoms with Gasteiger partial charge in [-0.3, -0.25) is 9.69 Å². The standard InChI is InChI=1S/C27H31Cl2FN2O4S.C2HF3O2/c28-20-11-18(12-21(29)13-20)16-32-8-5-17(6-9-32)7-10-36-26-15-25(30)24(14-23(26)19-1-2-19)27(33)31-37(34,35)22-3-4-22;3-2(4,5)1(6)7/h11-15,17,19,22H,1-10,16H2,(H,31,33);(H,6,7). The monoisotopic (exact) mass is 682 g/mol. The highest BCUT2D eigenvalue weighted by atomic mass is 35.5. The molecule has 2 N–H and O–H groups in total. The second kappa shape index (κ2) is 14.2. The zero-order valence-electron chi connectivity index (χ0n) is 23.5. The van der Waals surface area contributed by atoms with Crippen molar-refractivity contribution in [3.63, 3.8) is 0 Å². The summed E-state index contributed by atoms with van der Waals surface area (Å²) in [6.45, 7) is 3.24. The quantitative estimate of drug-likeness (QED) is 0.274. The van der Waals surface area contributed by atoms with E-state index in [1.165, 1.54) is 12.1 Å². The van der Waals surface area contributed by atoms with Crippen LogP contribution in [-0.2, 0) is 21.4 Å². The Morgan fingerprint density at radius 3 is 2.09 bits per heavy atom. The van der Waals surface area contributed by atoms with Crippen molar-refractivity contribution in [2.75, 3.05) is 19.7 Å². The van der Waals surface area contributed by atoms with Crippen molar-refractivity contribution < 1.29 is 45.4 Å². The summed E-state index contributed by atoms with van der Waals surface area (Å²) in [6, 6.07) is 8.35. The number of hydrogen-bond donors (Lipinski definition) is 2. The van der Waals surface area contributed by atoms with E-state index in [0.717, 1.165) is 62.9 Å². The molecule has 1 saturated heterocycles. The number of carbonyl (C=O) groups is 2. The molecule has 0 spiro atoms. The lowest BCUT2D eigenvalue weighted by Gasteiger charge is -2.32. The van der Waals surface area contributed by atoms with Crippen LogP contribution in [0, 0.1) is 11.7 Å². The number of nitrogens with one attached hydrogen (secondary N) is 1.